The molecule has 0 bridgehead atoms. The van der Waals surface area contributed by atoms with E-state index in [9.17, 15) is 9.59 Å². The highest BCUT2D eigenvalue weighted by Crippen LogP contribution is 2.29. The van der Waals surface area contributed by atoms with Crippen LogP contribution in [0.3, 0.4) is 0 Å². The molecule has 1 aromatic heterocycles. The summed E-state index contributed by atoms with van der Waals surface area (Å²) in [5, 5.41) is 9.47. The van der Waals surface area contributed by atoms with Crippen molar-refractivity contribution in [1.29, 1.82) is 0 Å². The van der Waals surface area contributed by atoms with E-state index >= 15 is 0 Å². The molecular weight excluding hydrogens is 454 g/mol. The van der Waals surface area contributed by atoms with Gasteiger partial charge in [-0.05, 0) is 88.7 Å². The zero-order valence-corrected chi connectivity index (χ0v) is 21.7. The van der Waals surface area contributed by atoms with Crippen LogP contribution in [0.4, 0.5) is 17.3 Å². The Morgan fingerprint density at radius 2 is 1.78 bits per heavy atom. The molecule has 0 atom stereocenters. The number of rotatable bonds is 8. The standard InChI is InChI=1S/C27H39N7O2/c1-4-22-25(30-18-8-11-20(12-9-18)34-14-6-5-7-15-34)33-26(23(32-22)24(28)35)31-19-10-13-21(17(2)16-19)27(36)29-3/h10,13,16,18,20H,4-9,11-12,14-15H2,1-3H3,(H2,28,35)(H,29,36)(H2,30,31,33). The first-order valence-electron chi connectivity index (χ1n) is 13.2. The van der Waals surface area contributed by atoms with Crippen molar-refractivity contribution in [3.05, 3.63) is 40.7 Å². The highest BCUT2D eigenvalue weighted by molar-refractivity contribution is 5.97. The van der Waals surface area contributed by atoms with E-state index in [2.05, 4.69) is 25.8 Å². The Hall–Kier alpha value is -3.20. The van der Waals surface area contributed by atoms with Crippen LogP contribution in [-0.4, -0.2) is 58.9 Å². The Kier molecular flexibility index (Phi) is 8.40. The molecule has 4 rings (SSSR count). The Morgan fingerprint density at radius 3 is 2.39 bits per heavy atom. The molecule has 2 amide bonds. The highest BCUT2D eigenvalue weighted by atomic mass is 16.2. The lowest BCUT2D eigenvalue weighted by Crippen LogP contribution is -2.43. The lowest BCUT2D eigenvalue weighted by molar-refractivity contribution is 0.0960. The minimum Gasteiger partial charge on any atom is -0.366 e. The van der Waals surface area contributed by atoms with E-state index in [-0.39, 0.29) is 11.6 Å². The maximum absolute atomic E-state index is 12.2. The van der Waals surface area contributed by atoms with Crippen LogP contribution in [0.5, 0.6) is 0 Å². The number of anilines is 3. The average Bonchev–Trinajstić information content (AvgIpc) is 2.89. The van der Waals surface area contributed by atoms with Crippen LogP contribution < -0.4 is 21.7 Å². The van der Waals surface area contributed by atoms with E-state index in [1.807, 2.05) is 19.9 Å². The fourth-order valence-corrected chi connectivity index (χ4v) is 5.42. The largest absolute Gasteiger partial charge is 0.366 e. The molecule has 2 aromatic rings. The van der Waals surface area contributed by atoms with Gasteiger partial charge in [0.05, 0.1) is 5.69 Å². The first-order chi connectivity index (χ1) is 17.4. The molecule has 0 unspecified atom stereocenters. The molecule has 0 spiro atoms. The number of primary amides is 1. The number of nitrogens with zero attached hydrogens (tertiary/aromatic N) is 3. The van der Waals surface area contributed by atoms with E-state index in [1.54, 1.807) is 19.2 Å². The maximum Gasteiger partial charge on any atom is 0.271 e. The third-order valence-electron chi connectivity index (χ3n) is 7.44. The van der Waals surface area contributed by atoms with E-state index < -0.39 is 5.91 Å². The van der Waals surface area contributed by atoms with Crippen LogP contribution in [0, 0.1) is 6.92 Å². The van der Waals surface area contributed by atoms with E-state index in [0.717, 1.165) is 24.1 Å². The molecule has 1 aliphatic carbocycles. The van der Waals surface area contributed by atoms with Crippen LogP contribution in [0.2, 0.25) is 0 Å². The molecule has 36 heavy (non-hydrogen) atoms. The van der Waals surface area contributed by atoms with Crippen LogP contribution in [0.1, 0.15) is 84.0 Å². The van der Waals surface area contributed by atoms with Gasteiger partial charge in [-0.25, -0.2) is 9.97 Å². The van der Waals surface area contributed by atoms with Crippen LogP contribution in [0.15, 0.2) is 18.2 Å². The zero-order valence-electron chi connectivity index (χ0n) is 21.7. The molecular formula is C27H39N7O2. The summed E-state index contributed by atoms with van der Waals surface area (Å²) in [6.07, 6.45) is 9.20. The molecule has 194 valence electrons. The molecule has 5 N–H and O–H groups in total. The summed E-state index contributed by atoms with van der Waals surface area (Å²) < 4.78 is 0. The predicted molar refractivity (Wildman–Crippen MR) is 143 cm³/mol. The molecule has 0 radical (unpaired) electrons. The number of aryl methyl sites for hydroxylation is 2. The van der Waals surface area contributed by atoms with Gasteiger partial charge in [0.25, 0.3) is 11.8 Å². The lowest BCUT2D eigenvalue weighted by atomic mass is 9.89. The van der Waals surface area contributed by atoms with Gasteiger partial charge in [-0.2, -0.15) is 0 Å². The quantitative estimate of drug-likeness (QED) is 0.441. The van der Waals surface area contributed by atoms with Crippen molar-refractivity contribution in [1.82, 2.24) is 20.2 Å². The molecule has 9 nitrogen and oxygen atoms in total. The Morgan fingerprint density at radius 1 is 1.06 bits per heavy atom. The number of carbonyl (C=O) groups is 2. The normalized spacial score (nSPS) is 20.5. The number of piperidine rings is 1. The van der Waals surface area contributed by atoms with Crippen molar-refractivity contribution in [2.24, 2.45) is 5.73 Å². The minimum absolute atomic E-state index is 0.110. The number of hydrogen-bond donors (Lipinski definition) is 4. The third-order valence-corrected chi connectivity index (χ3v) is 7.44. The Bertz CT molecular complexity index is 1090. The number of aromatic nitrogens is 2. The molecule has 2 fully saturated rings. The van der Waals surface area contributed by atoms with Crippen LogP contribution in [0.25, 0.3) is 0 Å². The van der Waals surface area contributed by atoms with Gasteiger partial charge in [-0.1, -0.05) is 13.3 Å². The van der Waals surface area contributed by atoms with Crippen molar-refractivity contribution in [2.75, 3.05) is 30.8 Å². The summed E-state index contributed by atoms with van der Waals surface area (Å²) in [7, 11) is 1.60. The summed E-state index contributed by atoms with van der Waals surface area (Å²) in [6, 6.07) is 6.39. The summed E-state index contributed by atoms with van der Waals surface area (Å²) in [5.41, 5.74) is 8.61. The SMILES string of the molecule is CCc1nc(C(N)=O)c(Nc2ccc(C(=O)NC)c(C)c2)nc1NC1CCC(N2CCCCC2)CC1. The minimum atomic E-state index is -0.632. The first-order valence-corrected chi connectivity index (χ1v) is 13.2. The Balaban J connectivity index is 1.51. The van der Waals surface area contributed by atoms with E-state index in [4.69, 9.17) is 10.7 Å². The van der Waals surface area contributed by atoms with Crippen molar-refractivity contribution in [3.63, 3.8) is 0 Å². The highest BCUT2D eigenvalue weighted by Gasteiger charge is 2.28. The molecule has 1 aliphatic heterocycles. The summed E-state index contributed by atoms with van der Waals surface area (Å²) in [6.45, 7) is 6.34. The van der Waals surface area contributed by atoms with Crippen molar-refractivity contribution < 1.29 is 9.59 Å². The molecule has 2 heterocycles. The monoisotopic (exact) mass is 493 g/mol. The summed E-state index contributed by atoms with van der Waals surface area (Å²) in [5.74, 6) is 0.235. The number of nitrogens with two attached hydrogens (primary N) is 1. The molecule has 2 aliphatic rings. The molecule has 1 aromatic carbocycles. The second-order valence-electron chi connectivity index (χ2n) is 9.91. The van der Waals surface area contributed by atoms with Gasteiger partial charge in [0, 0.05) is 30.4 Å². The Labute approximate surface area is 213 Å². The number of likely N-dealkylation sites (tertiary alicyclic amines) is 1. The lowest BCUT2D eigenvalue weighted by Gasteiger charge is -2.39. The average molecular weight is 494 g/mol. The van der Waals surface area contributed by atoms with Gasteiger partial charge in [0.1, 0.15) is 5.82 Å². The fourth-order valence-electron chi connectivity index (χ4n) is 5.42. The topological polar surface area (TPSA) is 125 Å². The first kappa shape index (κ1) is 25.9. The second-order valence-corrected chi connectivity index (χ2v) is 9.91. The smallest absolute Gasteiger partial charge is 0.271 e. The number of carbonyl (C=O) groups excluding carboxylic acids is 2. The fraction of sp³-hybridized carbons (Fsp3) is 0.556. The van der Waals surface area contributed by atoms with E-state index in [0.29, 0.717) is 41.4 Å². The predicted octanol–water partition coefficient (Wildman–Crippen LogP) is 3.76. The van der Waals surface area contributed by atoms with Gasteiger partial charge in [0.15, 0.2) is 11.5 Å². The third kappa shape index (κ3) is 5.95. The number of hydrogen-bond acceptors (Lipinski definition) is 7. The van der Waals surface area contributed by atoms with Crippen molar-refractivity contribution >= 4 is 29.1 Å². The number of amides is 2. The molecule has 1 saturated heterocycles. The molecule has 9 heteroatoms. The summed E-state index contributed by atoms with van der Waals surface area (Å²) in [4.78, 5) is 36.3. The zero-order chi connectivity index (χ0) is 25.7. The van der Waals surface area contributed by atoms with Gasteiger partial charge in [-0.3, -0.25) is 9.59 Å². The van der Waals surface area contributed by atoms with Crippen molar-refractivity contribution in [2.45, 2.75) is 77.3 Å². The number of nitrogens with one attached hydrogen (secondary N) is 3. The molecule has 1 saturated carbocycles. The number of benzene rings is 1. The van der Waals surface area contributed by atoms with E-state index in [1.165, 1.54) is 45.2 Å². The van der Waals surface area contributed by atoms with Gasteiger partial charge >= 0.3 is 0 Å². The second kappa shape index (κ2) is 11.7. The summed E-state index contributed by atoms with van der Waals surface area (Å²) >= 11 is 0. The maximum atomic E-state index is 12.2. The van der Waals surface area contributed by atoms with Crippen LogP contribution in [-0.2, 0) is 6.42 Å². The van der Waals surface area contributed by atoms with Gasteiger partial charge in [0.2, 0.25) is 0 Å². The van der Waals surface area contributed by atoms with Crippen molar-refractivity contribution in [3.8, 4) is 0 Å². The van der Waals surface area contributed by atoms with Gasteiger partial charge < -0.3 is 26.6 Å². The van der Waals surface area contributed by atoms with Crippen LogP contribution >= 0.6 is 0 Å². The van der Waals surface area contributed by atoms with Gasteiger partial charge in [-0.15, -0.1) is 0 Å².